The first kappa shape index (κ1) is 63.9. The number of rotatable bonds is 47. The Morgan fingerprint density at radius 3 is 1.06 bits per heavy atom. The maximum atomic E-state index is 12.6. The van der Waals surface area contributed by atoms with Gasteiger partial charge in [0.2, 0.25) is 0 Å². The molecular formula is C51H99NO11P+. The van der Waals surface area contributed by atoms with Crippen LogP contribution in [0.15, 0.2) is 0 Å². The molecule has 378 valence electrons. The van der Waals surface area contributed by atoms with Crippen LogP contribution in [0.1, 0.15) is 253 Å². The van der Waals surface area contributed by atoms with Crippen LogP contribution >= 0.6 is 8.25 Å². The topological polar surface area (TPSA) is 159 Å². The van der Waals surface area contributed by atoms with Gasteiger partial charge in [-0.3, -0.25) is 19.2 Å². The first-order valence-corrected chi connectivity index (χ1v) is 27.5. The number of quaternary nitrogens is 1. The lowest BCUT2D eigenvalue weighted by Crippen LogP contribution is -3.11. The molecule has 0 amide bonds. The lowest BCUT2D eigenvalue weighted by Gasteiger charge is -2.18. The van der Waals surface area contributed by atoms with Gasteiger partial charge in [-0.05, 0) is 57.4 Å². The molecule has 0 aromatic rings. The van der Waals surface area contributed by atoms with E-state index >= 15 is 0 Å². The summed E-state index contributed by atoms with van der Waals surface area (Å²) in [5, 5.41) is 0. The van der Waals surface area contributed by atoms with E-state index in [9.17, 15) is 28.6 Å². The van der Waals surface area contributed by atoms with Crippen LogP contribution in [-0.2, 0) is 47.2 Å². The third kappa shape index (κ3) is 50.9. The molecule has 0 radical (unpaired) electrons. The highest BCUT2D eigenvalue weighted by Gasteiger charge is 2.20. The summed E-state index contributed by atoms with van der Waals surface area (Å²) in [4.78, 5) is 61.9. The minimum absolute atomic E-state index is 0.138. The molecule has 0 bridgehead atoms. The Kier molecular flexibility index (Phi) is 51.8. The monoisotopic (exact) mass is 933 g/mol. The summed E-state index contributed by atoms with van der Waals surface area (Å²) in [5.74, 6) is -1.97. The molecule has 0 fully saturated rings. The zero-order chi connectivity index (χ0) is 47.6. The second kappa shape index (κ2) is 51.8. The van der Waals surface area contributed by atoms with E-state index < -0.39 is 26.3 Å². The summed E-state index contributed by atoms with van der Waals surface area (Å²) in [6.07, 6.45) is 33.4. The van der Waals surface area contributed by atoms with Crippen LogP contribution in [0.3, 0.4) is 0 Å². The first-order chi connectivity index (χ1) is 31.1. The number of hydrogen-bond donors (Lipinski definition) is 1. The number of carbonyl (C=O) groups excluding carboxylic acids is 4. The molecule has 12 nitrogen and oxygen atoms in total. The van der Waals surface area contributed by atoms with Crippen LogP contribution in [0, 0.1) is 0 Å². The molecule has 0 heterocycles. The van der Waals surface area contributed by atoms with Gasteiger partial charge in [-0.2, -0.15) is 0 Å². The maximum Gasteiger partial charge on any atom is 0.488 e. The average Bonchev–Trinajstić information content (AvgIpc) is 3.28. The van der Waals surface area contributed by atoms with Crippen LogP contribution in [-0.4, -0.2) is 76.0 Å². The van der Waals surface area contributed by atoms with Gasteiger partial charge in [0.05, 0.1) is 39.1 Å². The van der Waals surface area contributed by atoms with Crippen molar-refractivity contribution in [3.63, 3.8) is 0 Å². The average molecular weight is 933 g/mol. The van der Waals surface area contributed by atoms with Gasteiger partial charge in [-0.1, -0.05) is 174 Å². The number of hydrogen-bond acceptors (Lipinski definition) is 11. The zero-order valence-electron chi connectivity index (χ0n) is 42.0. The van der Waals surface area contributed by atoms with Gasteiger partial charge < -0.3 is 28.7 Å². The van der Waals surface area contributed by atoms with Crippen LogP contribution in [0.2, 0.25) is 0 Å². The van der Waals surface area contributed by atoms with Crippen molar-refractivity contribution in [3.05, 3.63) is 0 Å². The van der Waals surface area contributed by atoms with E-state index in [-0.39, 0.29) is 64.0 Å². The Balaban J connectivity index is 0. The van der Waals surface area contributed by atoms with Gasteiger partial charge in [0.1, 0.15) is 19.8 Å². The molecular weight excluding hydrogens is 834 g/mol. The van der Waals surface area contributed by atoms with E-state index in [1.54, 1.807) is 4.90 Å². The lowest BCUT2D eigenvalue weighted by atomic mass is 10.0. The molecule has 0 saturated heterocycles. The highest BCUT2D eigenvalue weighted by Crippen LogP contribution is 2.16. The Morgan fingerprint density at radius 1 is 0.406 bits per heavy atom. The highest BCUT2D eigenvalue weighted by molar-refractivity contribution is 7.30. The summed E-state index contributed by atoms with van der Waals surface area (Å²) in [6.45, 7) is 14.8. The minimum atomic E-state index is -2.83. The number of nitrogens with one attached hydrogen (secondary N) is 1. The predicted molar refractivity (Wildman–Crippen MR) is 257 cm³/mol. The lowest BCUT2D eigenvalue weighted by molar-refractivity contribution is -0.894. The zero-order valence-corrected chi connectivity index (χ0v) is 42.9. The second-order valence-corrected chi connectivity index (χ2v) is 18.2. The first-order valence-electron chi connectivity index (χ1n) is 26.4. The third-order valence-corrected chi connectivity index (χ3v) is 12.1. The summed E-state index contributed by atoms with van der Waals surface area (Å²) in [6, 6.07) is 0. The largest absolute Gasteiger partial charge is 0.566 e. The standard InChI is InChI=1S/C45H83O11P.C6H15N/c1-3-5-7-9-11-13-15-17-19-21-23-25-29-33-42(46)53-39-41(56-45(49)36-35-44(48)52-37-31-27-28-32-38-55-57(50)51)40-54-43(47)34-30-26-24-22-20-18-16-14-12-10-8-6-4-2;1-4-7(5-2)6-3/h41H,3-40H2,1-2H3;4-6H2,1-3H3/p+1. The Labute approximate surface area is 393 Å². The molecule has 0 aromatic carbocycles. The fraction of sp³-hybridized carbons (Fsp3) is 0.922. The molecule has 0 saturated carbocycles. The number of ether oxygens (including phenoxy) is 4. The van der Waals surface area contributed by atoms with E-state index in [1.807, 2.05) is 0 Å². The van der Waals surface area contributed by atoms with Gasteiger partial charge in [-0.25, -0.2) is 0 Å². The van der Waals surface area contributed by atoms with E-state index in [4.69, 9.17) is 18.9 Å². The fourth-order valence-corrected chi connectivity index (χ4v) is 7.64. The predicted octanol–water partition coefficient (Wildman–Crippen LogP) is 11.8. The normalized spacial score (nSPS) is 11.3. The van der Waals surface area contributed by atoms with Crippen LogP contribution < -0.4 is 9.79 Å². The van der Waals surface area contributed by atoms with Gasteiger partial charge in [-0.15, -0.1) is 4.52 Å². The molecule has 0 aliphatic heterocycles. The van der Waals surface area contributed by atoms with Gasteiger partial charge in [0.25, 0.3) is 0 Å². The molecule has 0 rings (SSSR count). The summed E-state index contributed by atoms with van der Waals surface area (Å²) < 4.78 is 36.4. The molecule has 0 aliphatic rings. The van der Waals surface area contributed by atoms with Crippen molar-refractivity contribution < 1.29 is 57.0 Å². The Hall–Kier alpha value is -2.14. The third-order valence-electron chi connectivity index (χ3n) is 11.7. The molecule has 0 aliphatic carbocycles. The highest BCUT2D eigenvalue weighted by atomic mass is 31.1. The van der Waals surface area contributed by atoms with E-state index in [1.165, 1.54) is 148 Å². The van der Waals surface area contributed by atoms with E-state index in [2.05, 4.69) is 39.1 Å². The van der Waals surface area contributed by atoms with Crippen LogP contribution in [0.25, 0.3) is 0 Å². The van der Waals surface area contributed by atoms with E-state index in [0.29, 0.717) is 12.8 Å². The summed E-state index contributed by atoms with van der Waals surface area (Å²) in [5.41, 5.74) is 0. The SMILES string of the molecule is CCCCCCCCCCCCCCCC(=O)OCC(COC(=O)CCCCCCCCCCCCCCC)OC(=O)CCC(=O)OCCCCCCO[P+](=O)[O-].CC[NH+](CC)CC. The van der Waals surface area contributed by atoms with Crippen molar-refractivity contribution in [2.45, 2.75) is 259 Å². The van der Waals surface area contributed by atoms with Crippen molar-refractivity contribution in [1.29, 1.82) is 0 Å². The Morgan fingerprint density at radius 2 is 0.719 bits per heavy atom. The Bertz CT molecular complexity index is 1020. The van der Waals surface area contributed by atoms with Crippen molar-refractivity contribution in [2.75, 3.05) is 46.1 Å². The molecule has 0 spiro atoms. The number of unbranched alkanes of at least 4 members (excludes halogenated alkanes) is 27. The number of carbonyl (C=O) groups is 4. The smallest absolute Gasteiger partial charge is 0.488 e. The van der Waals surface area contributed by atoms with Gasteiger partial charge in [0.15, 0.2) is 6.10 Å². The molecule has 1 unspecified atom stereocenters. The van der Waals surface area contributed by atoms with Crippen molar-refractivity contribution in [1.82, 2.24) is 0 Å². The molecule has 64 heavy (non-hydrogen) atoms. The van der Waals surface area contributed by atoms with Crippen LogP contribution in [0.5, 0.6) is 0 Å². The van der Waals surface area contributed by atoms with Crippen molar-refractivity contribution >= 4 is 32.1 Å². The minimum Gasteiger partial charge on any atom is -0.566 e. The fourth-order valence-electron chi connectivity index (χ4n) is 7.36. The molecule has 1 atom stereocenters. The molecule has 1 N–H and O–H groups in total. The second-order valence-electron chi connectivity index (χ2n) is 17.5. The molecule has 13 heteroatoms. The summed E-state index contributed by atoms with van der Waals surface area (Å²) >= 11 is 0. The van der Waals surface area contributed by atoms with Crippen molar-refractivity contribution in [2.24, 2.45) is 0 Å². The van der Waals surface area contributed by atoms with Gasteiger partial charge >= 0.3 is 32.1 Å². The van der Waals surface area contributed by atoms with Crippen molar-refractivity contribution in [3.8, 4) is 0 Å². The van der Waals surface area contributed by atoms with E-state index in [0.717, 1.165) is 51.4 Å². The molecule has 0 aromatic heterocycles. The summed E-state index contributed by atoms with van der Waals surface area (Å²) in [7, 11) is -2.83. The van der Waals surface area contributed by atoms with Crippen LogP contribution in [0.4, 0.5) is 0 Å². The number of esters is 4. The van der Waals surface area contributed by atoms with Gasteiger partial charge in [0, 0.05) is 12.8 Å². The maximum absolute atomic E-state index is 12.6. The quantitative estimate of drug-likeness (QED) is 0.0268.